The van der Waals surface area contributed by atoms with Gasteiger partial charge in [0, 0.05) is 23.8 Å². The summed E-state index contributed by atoms with van der Waals surface area (Å²) in [6.45, 7) is 2.61. The summed E-state index contributed by atoms with van der Waals surface area (Å²) in [5.41, 5.74) is 5.78. The zero-order valence-electron chi connectivity index (χ0n) is 8.05. The monoisotopic (exact) mass is 207 g/mol. The first kappa shape index (κ1) is 9.43. The van der Waals surface area contributed by atoms with Crippen molar-refractivity contribution in [2.75, 3.05) is 6.54 Å². The van der Waals surface area contributed by atoms with E-state index in [2.05, 4.69) is 27.1 Å². The van der Waals surface area contributed by atoms with E-state index >= 15 is 0 Å². The Morgan fingerprint density at radius 2 is 2.50 bits per heavy atom. The van der Waals surface area contributed by atoms with Gasteiger partial charge >= 0.3 is 0 Å². The Bertz CT molecular complexity index is 391. The average molecular weight is 207 g/mol. The van der Waals surface area contributed by atoms with Crippen LogP contribution in [-0.2, 0) is 0 Å². The third kappa shape index (κ3) is 1.58. The fraction of sp³-hybridized carbons (Fsp3) is 0.300. The van der Waals surface area contributed by atoms with Gasteiger partial charge in [-0.2, -0.15) is 0 Å². The van der Waals surface area contributed by atoms with Crippen molar-refractivity contribution in [2.24, 2.45) is 5.73 Å². The van der Waals surface area contributed by atoms with E-state index in [-0.39, 0.29) is 6.04 Å². The molecule has 1 atom stereocenters. The Labute approximate surface area is 87.2 Å². The van der Waals surface area contributed by atoms with E-state index in [1.165, 1.54) is 4.88 Å². The Morgan fingerprint density at radius 3 is 3.00 bits per heavy atom. The number of rotatable bonds is 3. The summed E-state index contributed by atoms with van der Waals surface area (Å²) < 4.78 is 2.12. The second kappa shape index (κ2) is 3.94. The standard InChI is InChI=1S/C10H13N3S/c1-8-12-4-5-13(8)9(7-11)10-3-2-6-14-10/h2-6,9H,7,11H2,1H3. The van der Waals surface area contributed by atoms with E-state index in [0.29, 0.717) is 6.54 Å². The van der Waals surface area contributed by atoms with Gasteiger partial charge in [0.05, 0.1) is 6.04 Å². The topological polar surface area (TPSA) is 43.8 Å². The van der Waals surface area contributed by atoms with Gasteiger partial charge in [-0.3, -0.25) is 0 Å². The Morgan fingerprint density at radius 1 is 1.64 bits per heavy atom. The molecule has 0 saturated carbocycles. The molecule has 0 aliphatic carbocycles. The van der Waals surface area contributed by atoms with Crippen LogP contribution in [0.25, 0.3) is 0 Å². The Balaban J connectivity index is 2.36. The molecule has 0 bridgehead atoms. The zero-order chi connectivity index (χ0) is 9.97. The molecule has 0 aliphatic rings. The lowest BCUT2D eigenvalue weighted by Crippen LogP contribution is -2.19. The molecule has 3 nitrogen and oxygen atoms in total. The third-order valence-corrected chi connectivity index (χ3v) is 3.27. The van der Waals surface area contributed by atoms with Gasteiger partial charge in [-0.1, -0.05) is 6.07 Å². The van der Waals surface area contributed by atoms with Crippen molar-refractivity contribution < 1.29 is 0 Å². The van der Waals surface area contributed by atoms with Crippen molar-refractivity contribution in [3.8, 4) is 0 Å². The molecule has 2 N–H and O–H groups in total. The van der Waals surface area contributed by atoms with E-state index in [0.717, 1.165) is 5.82 Å². The summed E-state index contributed by atoms with van der Waals surface area (Å²) in [6, 6.07) is 4.40. The molecule has 0 radical (unpaired) electrons. The molecule has 0 amide bonds. The summed E-state index contributed by atoms with van der Waals surface area (Å²) >= 11 is 1.73. The van der Waals surface area contributed by atoms with Crippen LogP contribution >= 0.6 is 11.3 Å². The minimum atomic E-state index is 0.234. The summed E-state index contributed by atoms with van der Waals surface area (Å²) in [7, 11) is 0. The van der Waals surface area contributed by atoms with Crippen LogP contribution in [0.15, 0.2) is 29.9 Å². The predicted octanol–water partition coefficient (Wildman–Crippen LogP) is 1.80. The van der Waals surface area contributed by atoms with Crippen molar-refractivity contribution in [1.82, 2.24) is 9.55 Å². The molecule has 0 saturated heterocycles. The first-order chi connectivity index (χ1) is 6.83. The lowest BCUT2D eigenvalue weighted by atomic mass is 10.2. The van der Waals surface area contributed by atoms with Crippen LogP contribution in [0.5, 0.6) is 0 Å². The van der Waals surface area contributed by atoms with E-state index in [1.54, 1.807) is 11.3 Å². The van der Waals surface area contributed by atoms with Crippen molar-refractivity contribution in [3.05, 3.63) is 40.6 Å². The molecule has 14 heavy (non-hydrogen) atoms. The molecule has 4 heteroatoms. The van der Waals surface area contributed by atoms with Crippen LogP contribution in [-0.4, -0.2) is 16.1 Å². The fourth-order valence-corrected chi connectivity index (χ4v) is 2.40. The lowest BCUT2D eigenvalue weighted by molar-refractivity contribution is 0.587. The Kier molecular flexibility index (Phi) is 2.65. The number of hydrogen-bond acceptors (Lipinski definition) is 3. The molecule has 74 valence electrons. The molecule has 2 aromatic heterocycles. The van der Waals surface area contributed by atoms with Gasteiger partial charge in [-0.15, -0.1) is 11.3 Å². The minimum Gasteiger partial charge on any atom is -0.328 e. The van der Waals surface area contributed by atoms with Crippen LogP contribution in [0.1, 0.15) is 16.7 Å². The average Bonchev–Trinajstić information content (AvgIpc) is 2.80. The van der Waals surface area contributed by atoms with Crippen molar-refractivity contribution in [1.29, 1.82) is 0 Å². The minimum absolute atomic E-state index is 0.234. The normalized spacial score (nSPS) is 13.0. The highest BCUT2D eigenvalue weighted by molar-refractivity contribution is 7.10. The third-order valence-electron chi connectivity index (χ3n) is 2.29. The maximum Gasteiger partial charge on any atom is 0.106 e. The summed E-state index contributed by atoms with van der Waals surface area (Å²) in [5, 5.41) is 2.07. The van der Waals surface area contributed by atoms with Crippen molar-refractivity contribution in [2.45, 2.75) is 13.0 Å². The second-order valence-corrected chi connectivity index (χ2v) is 4.13. The Hall–Kier alpha value is -1.13. The summed E-state index contributed by atoms with van der Waals surface area (Å²) in [5.74, 6) is 1.01. The van der Waals surface area contributed by atoms with Crippen molar-refractivity contribution in [3.63, 3.8) is 0 Å². The van der Waals surface area contributed by atoms with Crippen LogP contribution in [0, 0.1) is 6.92 Å². The van der Waals surface area contributed by atoms with Crippen LogP contribution in [0.4, 0.5) is 0 Å². The van der Waals surface area contributed by atoms with Crippen molar-refractivity contribution >= 4 is 11.3 Å². The number of hydrogen-bond donors (Lipinski definition) is 1. The highest BCUT2D eigenvalue weighted by atomic mass is 32.1. The largest absolute Gasteiger partial charge is 0.328 e. The first-order valence-electron chi connectivity index (χ1n) is 4.56. The number of thiophene rings is 1. The van der Waals surface area contributed by atoms with E-state index in [1.807, 2.05) is 19.3 Å². The van der Waals surface area contributed by atoms with Crippen LogP contribution in [0.3, 0.4) is 0 Å². The highest BCUT2D eigenvalue weighted by Gasteiger charge is 2.13. The quantitative estimate of drug-likeness (QED) is 0.834. The molecular formula is C10H13N3S. The van der Waals surface area contributed by atoms with Crippen LogP contribution in [0.2, 0.25) is 0 Å². The maximum absolute atomic E-state index is 5.78. The van der Waals surface area contributed by atoms with Gasteiger partial charge in [-0.05, 0) is 18.4 Å². The van der Waals surface area contributed by atoms with Gasteiger partial charge in [0.2, 0.25) is 0 Å². The molecule has 2 rings (SSSR count). The van der Waals surface area contributed by atoms with E-state index in [4.69, 9.17) is 5.73 Å². The van der Waals surface area contributed by atoms with Crippen LogP contribution < -0.4 is 5.73 Å². The molecule has 2 aromatic rings. The van der Waals surface area contributed by atoms with Gasteiger partial charge in [0.25, 0.3) is 0 Å². The first-order valence-corrected chi connectivity index (χ1v) is 5.44. The molecule has 2 heterocycles. The SMILES string of the molecule is Cc1nccn1C(CN)c1cccs1. The second-order valence-electron chi connectivity index (χ2n) is 3.15. The smallest absolute Gasteiger partial charge is 0.106 e. The molecule has 0 spiro atoms. The van der Waals surface area contributed by atoms with Gasteiger partial charge in [-0.25, -0.2) is 4.98 Å². The van der Waals surface area contributed by atoms with E-state index < -0.39 is 0 Å². The molecule has 0 fully saturated rings. The molecule has 1 unspecified atom stereocenters. The van der Waals surface area contributed by atoms with Gasteiger partial charge in [0.15, 0.2) is 0 Å². The van der Waals surface area contributed by atoms with Gasteiger partial charge < -0.3 is 10.3 Å². The number of aromatic nitrogens is 2. The van der Waals surface area contributed by atoms with E-state index in [9.17, 15) is 0 Å². The number of nitrogens with two attached hydrogens (primary N) is 1. The molecular weight excluding hydrogens is 194 g/mol. The number of imidazole rings is 1. The maximum atomic E-state index is 5.78. The molecule has 0 aliphatic heterocycles. The lowest BCUT2D eigenvalue weighted by Gasteiger charge is -2.16. The van der Waals surface area contributed by atoms with Gasteiger partial charge in [0.1, 0.15) is 5.82 Å². The number of nitrogens with zero attached hydrogens (tertiary/aromatic N) is 2. The summed E-state index contributed by atoms with van der Waals surface area (Å²) in [4.78, 5) is 5.49. The fourth-order valence-electron chi connectivity index (χ4n) is 1.56. The summed E-state index contributed by atoms with van der Waals surface area (Å²) in [6.07, 6.45) is 3.79. The zero-order valence-corrected chi connectivity index (χ0v) is 8.87. The predicted molar refractivity (Wildman–Crippen MR) is 58.5 cm³/mol. The number of aryl methyl sites for hydroxylation is 1. The highest BCUT2D eigenvalue weighted by Crippen LogP contribution is 2.22. The molecule has 0 aromatic carbocycles.